The van der Waals surface area contributed by atoms with Gasteiger partial charge in [-0.1, -0.05) is 12.1 Å². The molecule has 2 rings (SSSR count). The summed E-state index contributed by atoms with van der Waals surface area (Å²) in [5.41, 5.74) is 7.25. The third-order valence-corrected chi connectivity index (χ3v) is 4.48. The highest BCUT2D eigenvalue weighted by atomic mass is 16.3. The monoisotopic (exact) mass is 262 g/mol. The molecule has 1 atom stereocenters. The molecule has 0 heterocycles. The van der Waals surface area contributed by atoms with Gasteiger partial charge in [-0.3, -0.25) is 0 Å². The van der Waals surface area contributed by atoms with Crippen LogP contribution in [0.5, 0.6) is 5.75 Å². The van der Waals surface area contributed by atoms with E-state index in [9.17, 15) is 5.11 Å². The third kappa shape index (κ3) is 3.95. The Balaban J connectivity index is 1.88. The Morgan fingerprint density at radius 1 is 1.21 bits per heavy atom. The molecule has 0 amide bonds. The van der Waals surface area contributed by atoms with Crippen LogP contribution >= 0.6 is 0 Å². The highest BCUT2D eigenvalue weighted by molar-refractivity contribution is 5.26. The van der Waals surface area contributed by atoms with Crippen molar-refractivity contribution in [2.75, 3.05) is 7.05 Å². The molecule has 3 nitrogen and oxygen atoms in total. The minimum absolute atomic E-state index is 0.339. The highest BCUT2D eigenvalue weighted by Crippen LogP contribution is 2.23. The van der Waals surface area contributed by atoms with Crippen molar-refractivity contribution in [1.82, 2.24) is 4.90 Å². The Labute approximate surface area is 116 Å². The number of benzene rings is 1. The normalized spacial score (nSPS) is 25.5. The Hall–Kier alpha value is -1.06. The maximum atomic E-state index is 9.31. The van der Waals surface area contributed by atoms with Crippen molar-refractivity contribution in [2.24, 2.45) is 5.73 Å². The van der Waals surface area contributed by atoms with E-state index in [0.29, 0.717) is 23.9 Å². The van der Waals surface area contributed by atoms with E-state index < -0.39 is 0 Å². The van der Waals surface area contributed by atoms with Gasteiger partial charge in [0.25, 0.3) is 0 Å². The molecule has 1 fully saturated rings. The summed E-state index contributed by atoms with van der Waals surface area (Å²) in [7, 11) is 2.23. The van der Waals surface area contributed by atoms with Crippen molar-refractivity contribution >= 4 is 0 Å². The van der Waals surface area contributed by atoms with Gasteiger partial charge in [0.1, 0.15) is 5.75 Å². The van der Waals surface area contributed by atoms with Gasteiger partial charge in [-0.05, 0) is 63.8 Å². The summed E-state index contributed by atoms with van der Waals surface area (Å²) in [5, 5.41) is 9.31. The number of hydrogen-bond donors (Lipinski definition) is 2. The van der Waals surface area contributed by atoms with Gasteiger partial charge in [0.15, 0.2) is 0 Å². The number of nitrogens with zero attached hydrogens (tertiary/aromatic N) is 1. The van der Waals surface area contributed by atoms with Gasteiger partial charge in [-0.25, -0.2) is 0 Å². The molecular formula is C16H26N2O. The number of nitrogens with two attached hydrogens (primary N) is 1. The van der Waals surface area contributed by atoms with Crippen LogP contribution in [0.1, 0.15) is 38.2 Å². The van der Waals surface area contributed by atoms with Gasteiger partial charge >= 0.3 is 0 Å². The van der Waals surface area contributed by atoms with Gasteiger partial charge < -0.3 is 15.7 Å². The molecule has 0 bridgehead atoms. The van der Waals surface area contributed by atoms with Gasteiger partial charge in [0, 0.05) is 18.1 Å². The van der Waals surface area contributed by atoms with Crippen molar-refractivity contribution in [2.45, 2.75) is 57.2 Å². The van der Waals surface area contributed by atoms with Gasteiger partial charge in [-0.2, -0.15) is 0 Å². The first-order chi connectivity index (χ1) is 9.06. The van der Waals surface area contributed by atoms with Crippen LogP contribution in [0.4, 0.5) is 0 Å². The summed E-state index contributed by atoms with van der Waals surface area (Å²) in [6.45, 7) is 2.28. The van der Waals surface area contributed by atoms with E-state index in [1.807, 2.05) is 12.1 Å². The minimum Gasteiger partial charge on any atom is -0.508 e. The average Bonchev–Trinajstić information content (AvgIpc) is 2.41. The smallest absolute Gasteiger partial charge is 0.115 e. The molecule has 1 unspecified atom stereocenters. The van der Waals surface area contributed by atoms with Crippen molar-refractivity contribution in [3.8, 4) is 5.75 Å². The lowest BCUT2D eigenvalue weighted by molar-refractivity contribution is 0.140. The molecule has 0 aromatic heterocycles. The van der Waals surface area contributed by atoms with Crippen LogP contribution in [0.3, 0.4) is 0 Å². The van der Waals surface area contributed by atoms with Crippen LogP contribution in [0, 0.1) is 0 Å². The average molecular weight is 262 g/mol. The Kier molecular flexibility index (Phi) is 4.83. The molecule has 1 aromatic carbocycles. The quantitative estimate of drug-likeness (QED) is 0.876. The predicted molar refractivity (Wildman–Crippen MR) is 79.3 cm³/mol. The van der Waals surface area contributed by atoms with Crippen LogP contribution in [-0.2, 0) is 6.42 Å². The fraction of sp³-hybridized carbons (Fsp3) is 0.625. The topological polar surface area (TPSA) is 49.5 Å². The van der Waals surface area contributed by atoms with Crippen LogP contribution in [-0.4, -0.2) is 35.2 Å². The zero-order chi connectivity index (χ0) is 13.8. The maximum absolute atomic E-state index is 9.31. The minimum atomic E-state index is 0.339. The summed E-state index contributed by atoms with van der Waals surface area (Å²) in [6.07, 6.45) is 5.77. The number of phenolic OH excluding ortho intramolecular Hbond substituents is 1. The molecule has 0 spiro atoms. The van der Waals surface area contributed by atoms with E-state index in [2.05, 4.69) is 18.9 Å². The molecule has 1 aliphatic carbocycles. The Morgan fingerprint density at radius 3 is 2.37 bits per heavy atom. The second-order valence-corrected chi connectivity index (χ2v) is 5.95. The molecule has 1 aliphatic rings. The lowest BCUT2D eigenvalue weighted by atomic mass is 9.90. The summed E-state index contributed by atoms with van der Waals surface area (Å²) in [6, 6.07) is 9.16. The van der Waals surface area contributed by atoms with E-state index >= 15 is 0 Å². The van der Waals surface area contributed by atoms with Crippen molar-refractivity contribution < 1.29 is 5.11 Å². The standard InChI is InChI=1S/C16H26N2O/c1-12(11-13-3-9-16(19)10-4-13)18(2)15-7-5-14(17)6-8-15/h3-4,9-10,12,14-15,19H,5-8,11,17H2,1-2H3. The predicted octanol–water partition coefficient (Wildman–Crippen LogP) is 2.52. The van der Waals surface area contributed by atoms with Gasteiger partial charge in [-0.15, -0.1) is 0 Å². The lowest BCUT2D eigenvalue weighted by Crippen LogP contribution is -2.43. The second kappa shape index (κ2) is 6.40. The zero-order valence-corrected chi connectivity index (χ0v) is 12.0. The SMILES string of the molecule is CC(Cc1ccc(O)cc1)N(C)C1CCC(N)CC1. The molecule has 3 heteroatoms. The third-order valence-electron chi connectivity index (χ3n) is 4.48. The first kappa shape index (κ1) is 14.4. The highest BCUT2D eigenvalue weighted by Gasteiger charge is 2.24. The van der Waals surface area contributed by atoms with Crippen molar-refractivity contribution in [3.63, 3.8) is 0 Å². The van der Waals surface area contributed by atoms with Gasteiger partial charge in [0.2, 0.25) is 0 Å². The second-order valence-electron chi connectivity index (χ2n) is 5.95. The number of rotatable bonds is 4. The molecule has 0 saturated heterocycles. The van der Waals surface area contributed by atoms with E-state index in [4.69, 9.17) is 5.73 Å². The summed E-state index contributed by atoms with van der Waals surface area (Å²) >= 11 is 0. The largest absolute Gasteiger partial charge is 0.508 e. The van der Waals surface area contributed by atoms with E-state index in [-0.39, 0.29) is 0 Å². The molecule has 19 heavy (non-hydrogen) atoms. The van der Waals surface area contributed by atoms with Crippen LogP contribution < -0.4 is 5.73 Å². The van der Waals surface area contributed by atoms with Gasteiger partial charge in [0.05, 0.1) is 0 Å². The fourth-order valence-corrected chi connectivity index (χ4v) is 2.99. The van der Waals surface area contributed by atoms with Crippen molar-refractivity contribution in [1.29, 1.82) is 0 Å². The Bertz CT molecular complexity index is 382. The number of hydrogen-bond acceptors (Lipinski definition) is 3. The maximum Gasteiger partial charge on any atom is 0.115 e. The molecule has 106 valence electrons. The van der Waals surface area contributed by atoms with E-state index in [1.165, 1.54) is 18.4 Å². The summed E-state index contributed by atoms with van der Waals surface area (Å²) < 4.78 is 0. The fourth-order valence-electron chi connectivity index (χ4n) is 2.99. The summed E-state index contributed by atoms with van der Waals surface area (Å²) in [5.74, 6) is 0.339. The summed E-state index contributed by atoms with van der Waals surface area (Å²) in [4.78, 5) is 2.50. The lowest BCUT2D eigenvalue weighted by Gasteiger charge is -2.37. The first-order valence-corrected chi connectivity index (χ1v) is 7.31. The number of aromatic hydroxyl groups is 1. The number of phenols is 1. The van der Waals surface area contributed by atoms with Crippen molar-refractivity contribution in [3.05, 3.63) is 29.8 Å². The van der Waals surface area contributed by atoms with E-state index in [1.54, 1.807) is 12.1 Å². The molecule has 1 saturated carbocycles. The molecule has 0 radical (unpaired) electrons. The Morgan fingerprint density at radius 2 is 1.79 bits per heavy atom. The van der Waals surface area contributed by atoms with Crippen LogP contribution in [0.25, 0.3) is 0 Å². The molecule has 3 N–H and O–H groups in total. The van der Waals surface area contributed by atoms with Crippen LogP contribution in [0.2, 0.25) is 0 Å². The van der Waals surface area contributed by atoms with E-state index in [0.717, 1.165) is 19.3 Å². The van der Waals surface area contributed by atoms with Crippen LogP contribution in [0.15, 0.2) is 24.3 Å². The molecule has 1 aromatic rings. The zero-order valence-electron chi connectivity index (χ0n) is 12.0. The number of likely N-dealkylation sites (N-methyl/N-ethyl adjacent to an activating group) is 1. The first-order valence-electron chi connectivity index (χ1n) is 7.31. The molecular weight excluding hydrogens is 236 g/mol. The molecule has 0 aliphatic heterocycles.